The molecule has 1 heterocycles. The van der Waals surface area contributed by atoms with Gasteiger partial charge in [-0.05, 0) is 6.92 Å². The zero-order chi connectivity index (χ0) is 9.14. The van der Waals surface area contributed by atoms with E-state index in [2.05, 4.69) is 0 Å². The lowest BCUT2D eigenvalue weighted by molar-refractivity contribution is -0.110. The van der Waals surface area contributed by atoms with Crippen molar-refractivity contribution in [2.45, 2.75) is 30.7 Å². The monoisotopic (exact) mass is 194 g/mol. The van der Waals surface area contributed by atoms with Crippen LogP contribution < -0.4 is 0 Å². The highest BCUT2D eigenvalue weighted by Gasteiger charge is 2.38. The van der Waals surface area contributed by atoms with Crippen molar-refractivity contribution in [1.29, 1.82) is 0 Å². The topological polar surface area (TPSA) is 47.9 Å². The summed E-state index contributed by atoms with van der Waals surface area (Å²) in [5.41, 5.74) is -0.249. The Hall–Kier alpha value is 0.190. The summed E-state index contributed by atoms with van der Waals surface area (Å²) in [4.78, 5) is 0. The van der Waals surface area contributed by atoms with E-state index in [0.29, 0.717) is 0 Å². The fourth-order valence-electron chi connectivity index (χ4n) is 1.11. The average Bonchev–Trinajstić information content (AvgIpc) is 2.09. The molecule has 1 rings (SSSR count). The molecule has 4 nitrogen and oxygen atoms in total. The van der Waals surface area contributed by atoms with Crippen molar-refractivity contribution in [2.24, 2.45) is 0 Å². The minimum absolute atomic E-state index is 0.216. The first kappa shape index (κ1) is 10.3. The van der Waals surface area contributed by atoms with Crippen LogP contribution in [0.25, 0.3) is 0 Å². The Bertz CT molecular complexity index is 141. The van der Waals surface area contributed by atoms with Crippen LogP contribution in [0.2, 0.25) is 0 Å². The lowest BCUT2D eigenvalue weighted by atomic mass is 10.1. The molecule has 0 amide bonds. The molecule has 0 aromatic carbocycles. The van der Waals surface area contributed by atoms with Crippen LogP contribution in [-0.4, -0.2) is 43.1 Å². The van der Waals surface area contributed by atoms with Crippen molar-refractivity contribution >= 4 is 12.0 Å². The van der Waals surface area contributed by atoms with E-state index in [0.717, 1.165) is 0 Å². The van der Waals surface area contributed by atoms with Gasteiger partial charge < -0.3 is 18.8 Å². The van der Waals surface area contributed by atoms with Crippen LogP contribution >= 0.6 is 12.0 Å². The van der Waals surface area contributed by atoms with E-state index in [1.165, 1.54) is 12.0 Å². The van der Waals surface area contributed by atoms with Gasteiger partial charge in [0.05, 0.1) is 6.10 Å². The molecular weight excluding hydrogens is 180 g/mol. The van der Waals surface area contributed by atoms with Gasteiger partial charge in [-0.2, -0.15) is 0 Å². The molecule has 1 fully saturated rings. The SMILES string of the molecule is CO[C@@H]1[C@@H](O)[C@H](C)OS[C@@H]1OC. The van der Waals surface area contributed by atoms with E-state index in [1.54, 1.807) is 21.1 Å². The van der Waals surface area contributed by atoms with Gasteiger partial charge in [0.15, 0.2) is 5.44 Å². The van der Waals surface area contributed by atoms with Crippen LogP contribution in [0.1, 0.15) is 6.92 Å². The van der Waals surface area contributed by atoms with Crippen molar-refractivity contribution in [3.63, 3.8) is 0 Å². The highest BCUT2D eigenvalue weighted by Crippen LogP contribution is 2.30. The van der Waals surface area contributed by atoms with Crippen LogP contribution in [0.4, 0.5) is 0 Å². The minimum atomic E-state index is -0.624. The van der Waals surface area contributed by atoms with Crippen molar-refractivity contribution in [3.8, 4) is 0 Å². The van der Waals surface area contributed by atoms with E-state index in [4.69, 9.17) is 13.7 Å². The maximum absolute atomic E-state index is 9.60. The fraction of sp³-hybridized carbons (Fsp3) is 1.00. The Balaban J connectivity index is 2.58. The zero-order valence-corrected chi connectivity index (χ0v) is 8.21. The molecule has 0 unspecified atom stereocenters. The number of methoxy groups -OCH3 is 2. The van der Waals surface area contributed by atoms with Crippen LogP contribution in [0.3, 0.4) is 0 Å². The summed E-state index contributed by atoms with van der Waals surface area (Å²) in [5, 5.41) is 9.60. The summed E-state index contributed by atoms with van der Waals surface area (Å²) in [5.74, 6) is 0. The minimum Gasteiger partial charge on any atom is -0.388 e. The van der Waals surface area contributed by atoms with Crippen molar-refractivity contribution < 1.29 is 18.8 Å². The summed E-state index contributed by atoms with van der Waals surface area (Å²) in [6, 6.07) is 0. The lowest BCUT2D eigenvalue weighted by Crippen LogP contribution is -2.48. The van der Waals surface area contributed by atoms with Gasteiger partial charge in [-0.25, -0.2) is 0 Å². The summed E-state index contributed by atoms with van der Waals surface area (Å²) in [6.45, 7) is 1.80. The maximum atomic E-state index is 9.60. The first-order valence-electron chi connectivity index (χ1n) is 3.76. The van der Waals surface area contributed by atoms with Gasteiger partial charge in [0.2, 0.25) is 0 Å². The Morgan fingerprint density at radius 1 is 1.33 bits per heavy atom. The summed E-state index contributed by atoms with van der Waals surface area (Å²) >= 11 is 1.20. The molecule has 0 radical (unpaired) electrons. The van der Waals surface area contributed by atoms with Crippen LogP contribution in [-0.2, 0) is 13.7 Å². The van der Waals surface area contributed by atoms with Crippen LogP contribution in [0.15, 0.2) is 0 Å². The normalized spacial score (nSPS) is 43.0. The molecule has 0 bridgehead atoms. The van der Waals surface area contributed by atoms with E-state index in [1.807, 2.05) is 0 Å². The third-order valence-electron chi connectivity index (χ3n) is 1.89. The number of hydrogen-bond donors (Lipinski definition) is 1. The second kappa shape index (κ2) is 4.43. The standard InChI is InChI=1S/C7H14O4S/c1-4-5(8)6(9-2)7(10-3)12-11-4/h4-8H,1-3H3/t4-,5-,6+,7-/m0/s1. The molecule has 0 aromatic rings. The van der Waals surface area contributed by atoms with Gasteiger partial charge in [0.25, 0.3) is 0 Å². The van der Waals surface area contributed by atoms with Crippen molar-refractivity contribution in [2.75, 3.05) is 14.2 Å². The van der Waals surface area contributed by atoms with E-state index in [9.17, 15) is 5.11 Å². The average molecular weight is 194 g/mol. The number of aliphatic hydroxyl groups excluding tert-OH is 1. The van der Waals surface area contributed by atoms with Gasteiger partial charge in [-0.3, -0.25) is 0 Å². The number of hydrogen-bond acceptors (Lipinski definition) is 5. The van der Waals surface area contributed by atoms with Gasteiger partial charge in [0.1, 0.15) is 12.2 Å². The highest BCUT2D eigenvalue weighted by molar-refractivity contribution is 7.95. The molecule has 0 spiro atoms. The quantitative estimate of drug-likeness (QED) is 0.645. The highest BCUT2D eigenvalue weighted by atomic mass is 32.2. The van der Waals surface area contributed by atoms with Crippen molar-refractivity contribution in [3.05, 3.63) is 0 Å². The first-order chi connectivity index (χ1) is 5.70. The molecule has 0 aromatic heterocycles. The molecule has 1 saturated heterocycles. The van der Waals surface area contributed by atoms with Crippen LogP contribution in [0.5, 0.6) is 0 Å². The molecule has 1 N–H and O–H groups in total. The molecule has 1 aliphatic heterocycles. The Morgan fingerprint density at radius 3 is 2.50 bits per heavy atom. The molecule has 12 heavy (non-hydrogen) atoms. The maximum Gasteiger partial charge on any atom is 0.157 e. The second-order valence-electron chi connectivity index (χ2n) is 2.69. The first-order valence-corrected chi connectivity index (χ1v) is 4.57. The van der Waals surface area contributed by atoms with Gasteiger partial charge in [0, 0.05) is 26.3 Å². The smallest absolute Gasteiger partial charge is 0.157 e. The number of rotatable bonds is 2. The Labute approximate surface area is 76.4 Å². The lowest BCUT2D eigenvalue weighted by Gasteiger charge is -2.35. The predicted molar refractivity (Wildman–Crippen MR) is 45.7 cm³/mol. The molecule has 0 saturated carbocycles. The molecular formula is C7H14O4S. The van der Waals surface area contributed by atoms with Crippen LogP contribution in [0, 0.1) is 0 Å². The van der Waals surface area contributed by atoms with E-state index < -0.39 is 6.10 Å². The zero-order valence-electron chi connectivity index (χ0n) is 7.39. The third-order valence-corrected chi connectivity index (χ3v) is 2.96. The van der Waals surface area contributed by atoms with Crippen molar-refractivity contribution in [1.82, 2.24) is 0 Å². The summed E-state index contributed by atoms with van der Waals surface area (Å²) in [7, 11) is 3.12. The predicted octanol–water partition coefficient (Wildman–Crippen LogP) is 0.402. The van der Waals surface area contributed by atoms with Gasteiger partial charge in [-0.15, -0.1) is 0 Å². The molecule has 1 aliphatic rings. The molecule has 0 aliphatic carbocycles. The third kappa shape index (κ3) is 1.92. The molecule has 5 heteroatoms. The van der Waals surface area contributed by atoms with Gasteiger partial charge in [-0.1, -0.05) is 0 Å². The molecule has 4 atom stereocenters. The van der Waals surface area contributed by atoms with Gasteiger partial charge >= 0.3 is 0 Å². The number of aliphatic hydroxyl groups is 1. The summed E-state index contributed by atoms with van der Waals surface area (Å²) in [6.07, 6.45) is -1.16. The number of ether oxygens (including phenoxy) is 2. The largest absolute Gasteiger partial charge is 0.388 e. The molecule has 72 valence electrons. The Kier molecular flexibility index (Phi) is 3.79. The Morgan fingerprint density at radius 2 is 2.00 bits per heavy atom. The summed E-state index contributed by atoms with van der Waals surface area (Å²) < 4.78 is 15.4. The fourth-order valence-corrected chi connectivity index (χ4v) is 1.96. The van der Waals surface area contributed by atoms with E-state index >= 15 is 0 Å². The second-order valence-corrected chi connectivity index (χ2v) is 3.54. The van der Waals surface area contributed by atoms with E-state index in [-0.39, 0.29) is 17.6 Å².